The van der Waals surface area contributed by atoms with E-state index in [1.807, 2.05) is 0 Å². The molecular weight excluding hydrogens is 120 g/mol. The van der Waals surface area contributed by atoms with Crippen molar-refractivity contribution in [2.75, 3.05) is 0 Å². The fourth-order valence-corrected chi connectivity index (χ4v) is 0.276. The summed E-state index contributed by atoms with van der Waals surface area (Å²) >= 11 is 0. The third-order valence-electron chi connectivity index (χ3n) is 0.609. The molecule has 0 N–H and O–H groups in total. The lowest BCUT2D eigenvalue weighted by atomic mass is 10.4. The predicted molar refractivity (Wildman–Crippen MR) is 43.7 cm³/mol. The highest BCUT2D eigenvalue weighted by molar-refractivity contribution is 5.29. The first-order valence-corrected chi connectivity index (χ1v) is 2.65. The van der Waals surface area contributed by atoms with Crippen LogP contribution in [0.25, 0.3) is 0 Å². The van der Waals surface area contributed by atoms with E-state index in [0.717, 1.165) is 0 Å². The molecule has 0 unspecified atom stereocenters. The Morgan fingerprint density at radius 3 is 1.40 bits per heavy atom. The molecule has 0 aromatic heterocycles. The molecule has 0 rings (SSSR count). The van der Waals surface area contributed by atoms with Crippen molar-refractivity contribution in [3.05, 3.63) is 24.3 Å². The van der Waals surface area contributed by atoms with Crippen molar-refractivity contribution in [2.24, 2.45) is 0 Å². The smallest absolute Gasteiger partial charge is 0.00318 e. The molecule has 0 fully saturated rings. The van der Waals surface area contributed by atoms with Crippen LogP contribution in [0.15, 0.2) is 24.3 Å². The van der Waals surface area contributed by atoms with E-state index in [-0.39, 0.29) is 0 Å². The van der Waals surface area contributed by atoms with Crippen LogP contribution >= 0.6 is 0 Å². The molecule has 0 spiro atoms. The molecule has 0 aliphatic heterocycles. The fraction of sp³-hybridized carbons (Fsp3) is 0. The summed E-state index contributed by atoms with van der Waals surface area (Å²) in [6, 6.07) is 0. The van der Waals surface area contributed by atoms with Crippen LogP contribution in [0.1, 0.15) is 0 Å². The van der Waals surface area contributed by atoms with E-state index < -0.39 is 0 Å². The van der Waals surface area contributed by atoms with Gasteiger partial charge in [-0.05, 0) is 24.3 Å². The Hall–Kier alpha value is -1.84. The van der Waals surface area contributed by atoms with Gasteiger partial charge in [-0.15, -0.1) is 12.8 Å². The van der Waals surface area contributed by atoms with Crippen LogP contribution < -0.4 is 0 Å². The van der Waals surface area contributed by atoms with E-state index in [0.29, 0.717) is 0 Å². The maximum absolute atomic E-state index is 4.91. The summed E-state index contributed by atoms with van der Waals surface area (Å²) in [6.07, 6.45) is 16.0. The molecule has 0 aromatic carbocycles. The molecule has 0 radical (unpaired) electrons. The lowest BCUT2D eigenvalue weighted by Gasteiger charge is -1.62. The highest BCUT2D eigenvalue weighted by Gasteiger charge is 1.55. The maximum atomic E-state index is 4.91. The lowest BCUT2D eigenvalue weighted by molar-refractivity contribution is 2.08. The zero-order valence-corrected chi connectivity index (χ0v) is 5.46. The zero-order chi connectivity index (χ0) is 7.66. The average Bonchev–Trinajstić information content (AvgIpc) is 1.97. The van der Waals surface area contributed by atoms with Gasteiger partial charge in [0.2, 0.25) is 0 Å². The van der Waals surface area contributed by atoms with Crippen molar-refractivity contribution >= 4 is 0 Å². The van der Waals surface area contributed by atoms with Gasteiger partial charge in [-0.3, -0.25) is 0 Å². The van der Waals surface area contributed by atoms with Gasteiger partial charge in [0.15, 0.2) is 0 Å². The van der Waals surface area contributed by atoms with E-state index in [4.69, 9.17) is 12.8 Å². The second-order valence-electron chi connectivity index (χ2n) is 1.29. The first kappa shape index (κ1) is 8.16. The van der Waals surface area contributed by atoms with Crippen LogP contribution in [0, 0.1) is 36.5 Å². The molecule has 0 saturated heterocycles. The second-order valence-corrected chi connectivity index (χ2v) is 1.29. The van der Waals surface area contributed by atoms with Crippen LogP contribution in [0.5, 0.6) is 0 Å². The van der Waals surface area contributed by atoms with Crippen molar-refractivity contribution < 1.29 is 0 Å². The minimum absolute atomic E-state index is 1.52. The van der Waals surface area contributed by atoms with Crippen molar-refractivity contribution in [3.63, 3.8) is 0 Å². The van der Waals surface area contributed by atoms with Gasteiger partial charge in [0.05, 0.1) is 0 Å². The minimum atomic E-state index is 1.52. The third kappa shape index (κ3) is 6.16. The number of terminal acetylenes is 2. The Morgan fingerprint density at radius 1 is 0.700 bits per heavy atom. The Morgan fingerprint density at radius 2 is 1.10 bits per heavy atom. The fourth-order valence-electron chi connectivity index (χ4n) is 0.276. The van der Waals surface area contributed by atoms with Crippen LogP contribution in [0.2, 0.25) is 0 Å². The number of rotatable bonds is 0. The Labute approximate surface area is 61.6 Å². The number of hydrogen-bond acceptors (Lipinski definition) is 0. The molecule has 0 aliphatic carbocycles. The van der Waals surface area contributed by atoms with E-state index in [9.17, 15) is 0 Å². The number of hydrogen-bond donors (Lipinski definition) is 0. The molecule has 46 valence electrons. The van der Waals surface area contributed by atoms with Crippen LogP contribution in [-0.4, -0.2) is 0 Å². The third-order valence-corrected chi connectivity index (χ3v) is 0.609. The summed E-state index contributed by atoms with van der Waals surface area (Å²) in [7, 11) is 0. The van der Waals surface area contributed by atoms with Crippen molar-refractivity contribution in [2.45, 2.75) is 0 Å². The molecule has 0 amide bonds. The molecule has 0 heteroatoms. The van der Waals surface area contributed by atoms with Crippen LogP contribution in [0.4, 0.5) is 0 Å². The molecule has 0 saturated carbocycles. The highest BCUT2D eigenvalue weighted by Crippen LogP contribution is 1.68. The van der Waals surface area contributed by atoms with Crippen molar-refractivity contribution in [1.29, 1.82) is 0 Å². The Bertz CT molecular complexity index is 238. The van der Waals surface area contributed by atoms with Gasteiger partial charge in [0.25, 0.3) is 0 Å². The monoisotopic (exact) mass is 126 g/mol. The normalized spacial score (nSPS) is 8.20. The van der Waals surface area contributed by atoms with Gasteiger partial charge >= 0.3 is 0 Å². The van der Waals surface area contributed by atoms with Gasteiger partial charge in [0.1, 0.15) is 0 Å². The maximum Gasteiger partial charge on any atom is -0.00318 e. The van der Waals surface area contributed by atoms with Gasteiger partial charge in [0, 0.05) is 0 Å². The molecular formula is C10H6. The van der Waals surface area contributed by atoms with E-state index >= 15 is 0 Å². The summed E-state index contributed by atoms with van der Waals surface area (Å²) < 4.78 is 0. The molecule has 0 nitrogen and oxygen atoms in total. The SMILES string of the molecule is C#CC=CC#CC=CC#C. The zero-order valence-electron chi connectivity index (χ0n) is 5.46. The van der Waals surface area contributed by atoms with E-state index in [1.165, 1.54) is 12.2 Å². The van der Waals surface area contributed by atoms with E-state index in [1.54, 1.807) is 12.2 Å². The topological polar surface area (TPSA) is 0 Å². The van der Waals surface area contributed by atoms with Gasteiger partial charge in [-0.1, -0.05) is 23.7 Å². The van der Waals surface area contributed by atoms with Crippen molar-refractivity contribution in [1.82, 2.24) is 0 Å². The molecule has 0 atom stereocenters. The van der Waals surface area contributed by atoms with Crippen molar-refractivity contribution in [3.8, 4) is 36.5 Å². The molecule has 0 bridgehead atoms. The first-order chi connectivity index (χ1) is 4.91. The minimum Gasteiger partial charge on any atom is -0.115 e. The molecule has 0 heterocycles. The van der Waals surface area contributed by atoms with Gasteiger partial charge in [-0.25, -0.2) is 0 Å². The summed E-state index contributed by atoms with van der Waals surface area (Å²) in [5.74, 6) is 9.95. The van der Waals surface area contributed by atoms with Crippen LogP contribution in [-0.2, 0) is 0 Å². The summed E-state index contributed by atoms with van der Waals surface area (Å²) in [5, 5.41) is 0. The summed E-state index contributed by atoms with van der Waals surface area (Å²) in [4.78, 5) is 0. The lowest BCUT2D eigenvalue weighted by Crippen LogP contribution is -1.50. The number of allylic oxidation sites excluding steroid dienone is 4. The quantitative estimate of drug-likeness (QED) is 0.430. The molecule has 0 aromatic rings. The molecule has 10 heavy (non-hydrogen) atoms. The predicted octanol–water partition coefficient (Wildman–Crippen LogP) is 1.37. The van der Waals surface area contributed by atoms with Crippen LogP contribution in [0.3, 0.4) is 0 Å². The Balaban J connectivity index is 3.76. The van der Waals surface area contributed by atoms with E-state index in [2.05, 4.69) is 23.7 Å². The summed E-state index contributed by atoms with van der Waals surface area (Å²) in [6.45, 7) is 0. The second kappa shape index (κ2) is 7.16. The standard InChI is InChI=1S/C10H6/c1-3-5-7-9-10-8-6-4-2/h1-2,5-8H. The van der Waals surface area contributed by atoms with Gasteiger partial charge < -0.3 is 0 Å². The molecule has 0 aliphatic rings. The summed E-state index contributed by atoms with van der Waals surface area (Å²) in [5.41, 5.74) is 0. The average molecular weight is 126 g/mol. The Kier molecular flexibility index (Phi) is 5.84. The van der Waals surface area contributed by atoms with Gasteiger partial charge in [-0.2, -0.15) is 0 Å². The highest BCUT2D eigenvalue weighted by atomic mass is 13.6. The largest absolute Gasteiger partial charge is 0.115 e. The first-order valence-electron chi connectivity index (χ1n) is 2.65.